The maximum atomic E-state index is 16.1. The Morgan fingerprint density at radius 3 is 2.81 bits per heavy atom. The number of phenols is 1. The predicted octanol–water partition coefficient (Wildman–Crippen LogP) is 5.68. The molecule has 3 aromatic rings. The van der Waals surface area contributed by atoms with Crippen LogP contribution in [0.3, 0.4) is 0 Å². The number of halogens is 2. The number of phenolic OH excluding ortho intramolecular Hbond substituents is 1. The van der Waals surface area contributed by atoms with E-state index in [1.54, 1.807) is 0 Å². The lowest BCUT2D eigenvalue weighted by Gasteiger charge is -2.23. The van der Waals surface area contributed by atoms with Gasteiger partial charge in [-0.15, -0.1) is 0 Å². The van der Waals surface area contributed by atoms with Gasteiger partial charge in [0.05, 0.1) is 24.7 Å². The van der Waals surface area contributed by atoms with Crippen LogP contribution in [0.25, 0.3) is 22.2 Å². The van der Waals surface area contributed by atoms with Gasteiger partial charge < -0.3 is 19.5 Å². The van der Waals surface area contributed by atoms with Crippen LogP contribution in [0, 0.1) is 5.82 Å². The van der Waals surface area contributed by atoms with Crippen LogP contribution in [-0.4, -0.2) is 41.9 Å². The zero-order valence-electron chi connectivity index (χ0n) is 18.1. The second kappa shape index (κ2) is 8.28. The Morgan fingerprint density at radius 2 is 2.09 bits per heavy atom. The van der Waals surface area contributed by atoms with Crippen molar-refractivity contribution in [3.05, 3.63) is 34.6 Å². The molecule has 0 atom stereocenters. The molecule has 0 saturated heterocycles. The molecule has 1 aliphatic carbocycles. The van der Waals surface area contributed by atoms with Gasteiger partial charge in [-0.05, 0) is 42.9 Å². The molecule has 1 aliphatic heterocycles. The number of ether oxygens (including phenoxy) is 2. The SMILES string of the molecule is CCCCN1CCOc2nc(-c3cc(O)cc(Cl)c3C3CC3)c(F)c3nc(OC)cc1c23. The number of unbranched alkanes of at least 4 members (excludes halogenated alkanes) is 1. The van der Waals surface area contributed by atoms with Crippen molar-refractivity contribution in [2.75, 3.05) is 31.7 Å². The minimum absolute atomic E-state index is 0.0347. The Labute approximate surface area is 190 Å². The van der Waals surface area contributed by atoms with Crippen molar-refractivity contribution in [2.45, 2.75) is 38.5 Å². The van der Waals surface area contributed by atoms with Crippen molar-refractivity contribution in [3.8, 4) is 28.8 Å². The molecule has 0 spiro atoms. The first-order chi connectivity index (χ1) is 15.5. The maximum Gasteiger partial charge on any atom is 0.225 e. The summed E-state index contributed by atoms with van der Waals surface area (Å²) in [5.74, 6) is 0.283. The highest BCUT2D eigenvalue weighted by Crippen LogP contribution is 2.50. The van der Waals surface area contributed by atoms with Crippen molar-refractivity contribution < 1.29 is 19.0 Å². The number of hydrogen-bond acceptors (Lipinski definition) is 6. The molecule has 168 valence electrons. The largest absolute Gasteiger partial charge is 0.508 e. The van der Waals surface area contributed by atoms with E-state index >= 15 is 4.39 Å². The Balaban J connectivity index is 1.78. The molecule has 5 rings (SSSR count). The van der Waals surface area contributed by atoms with Gasteiger partial charge in [0.2, 0.25) is 11.8 Å². The van der Waals surface area contributed by atoms with Crippen molar-refractivity contribution >= 4 is 28.2 Å². The van der Waals surface area contributed by atoms with Crippen molar-refractivity contribution in [3.63, 3.8) is 0 Å². The molecule has 1 fully saturated rings. The van der Waals surface area contributed by atoms with Crippen LogP contribution >= 0.6 is 11.6 Å². The molecule has 8 heteroatoms. The van der Waals surface area contributed by atoms with E-state index < -0.39 is 5.82 Å². The predicted molar refractivity (Wildman–Crippen MR) is 123 cm³/mol. The van der Waals surface area contributed by atoms with E-state index in [2.05, 4.69) is 21.8 Å². The summed E-state index contributed by atoms with van der Waals surface area (Å²) >= 11 is 6.46. The first kappa shape index (κ1) is 21.1. The van der Waals surface area contributed by atoms with Crippen LogP contribution in [0.4, 0.5) is 10.1 Å². The fraction of sp³-hybridized carbons (Fsp3) is 0.417. The average molecular weight is 458 g/mol. The molecule has 2 aliphatic rings. The summed E-state index contributed by atoms with van der Waals surface area (Å²) in [6.07, 6.45) is 3.99. The van der Waals surface area contributed by atoms with Gasteiger partial charge in [0.15, 0.2) is 5.82 Å². The Hall–Kier alpha value is -2.80. The van der Waals surface area contributed by atoms with Gasteiger partial charge in [-0.3, -0.25) is 0 Å². The number of nitrogens with zero attached hydrogens (tertiary/aromatic N) is 3. The van der Waals surface area contributed by atoms with Gasteiger partial charge in [0.1, 0.15) is 23.6 Å². The van der Waals surface area contributed by atoms with Crippen molar-refractivity contribution in [1.82, 2.24) is 9.97 Å². The minimum Gasteiger partial charge on any atom is -0.508 e. The van der Waals surface area contributed by atoms with E-state index in [-0.39, 0.29) is 22.9 Å². The third kappa shape index (κ3) is 3.58. The molecular weight excluding hydrogens is 433 g/mol. The van der Waals surface area contributed by atoms with E-state index in [4.69, 9.17) is 21.1 Å². The van der Waals surface area contributed by atoms with Crippen LogP contribution in [0.2, 0.25) is 5.02 Å². The van der Waals surface area contributed by atoms with Gasteiger partial charge >= 0.3 is 0 Å². The third-order valence-electron chi connectivity index (χ3n) is 6.10. The first-order valence-corrected chi connectivity index (χ1v) is 11.4. The zero-order valence-corrected chi connectivity index (χ0v) is 18.9. The van der Waals surface area contributed by atoms with Crippen LogP contribution in [0.5, 0.6) is 17.5 Å². The Bertz CT molecular complexity index is 1200. The van der Waals surface area contributed by atoms with Crippen LogP contribution in [0.15, 0.2) is 18.2 Å². The average Bonchev–Trinajstić information content (AvgIpc) is 3.62. The Kier molecular flexibility index (Phi) is 5.45. The summed E-state index contributed by atoms with van der Waals surface area (Å²) in [5, 5.41) is 11.2. The molecule has 0 amide bonds. The van der Waals surface area contributed by atoms with E-state index in [9.17, 15) is 5.11 Å². The molecule has 2 aromatic heterocycles. The van der Waals surface area contributed by atoms with Gasteiger partial charge in [-0.25, -0.2) is 14.4 Å². The van der Waals surface area contributed by atoms with E-state index in [0.717, 1.165) is 43.5 Å². The molecule has 0 unspecified atom stereocenters. The lowest BCUT2D eigenvalue weighted by atomic mass is 9.98. The maximum absolute atomic E-state index is 16.1. The molecule has 6 nitrogen and oxygen atoms in total. The first-order valence-electron chi connectivity index (χ1n) is 11.0. The van der Waals surface area contributed by atoms with Gasteiger partial charge in [-0.2, -0.15) is 0 Å². The molecule has 3 heterocycles. The minimum atomic E-state index is -0.576. The third-order valence-corrected chi connectivity index (χ3v) is 6.42. The summed E-state index contributed by atoms with van der Waals surface area (Å²) in [4.78, 5) is 11.2. The van der Waals surface area contributed by atoms with Gasteiger partial charge in [0.25, 0.3) is 0 Å². The normalized spacial score (nSPS) is 15.6. The highest BCUT2D eigenvalue weighted by Gasteiger charge is 2.32. The van der Waals surface area contributed by atoms with Crippen molar-refractivity contribution in [2.24, 2.45) is 0 Å². The molecule has 32 heavy (non-hydrogen) atoms. The van der Waals surface area contributed by atoms with E-state index in [0.29, 0.717) is 40.9 Å². The molecule has 0 radical (unpaired) electrons. The Morgan fingerprint density at radius 1 is 1.28 bits per heavy atom. The van der Waals surface area contributed by atoms with E-state index in [1.807, 2.05) is 6.07 Å². The summed E-state index contributed by atoms with van der Waals surface area (Å²) in [6, 6.07) is 4.83. The quantitative estimate of drug-likeness (QED) is 0.513. The number of aromatic hydroxyl groups is 1. The molecule has 1 N–H and O–H groups in total. The van der Waals surface area contributed by atoms with Gasteiger partial charge in [0, 0.05) is 23.2 Å². The monoisotopic (exact) mass is 457 g/mol. The smallest absolute Gasteiger partial charge is 0.225 e. The highest BCUT2D eigenvalue weighted by atomic mass is 35.5. The van der Waals surface area contributed by atoms with Crippen LogP contribution in [0.1, 0.15) is 44.1 Å². The molecular formula is C24H25ClFN3O3. The number of methoxy groups -OCH3 is 1. The van der Waals surface area contributed by atoms with E-state index in [1.165, 1.54) is 19.2 Å². The highest BCUT2D eigenvalue weighted by molar-refractivity contribution is 6.32. The summed E-state index contributed by atoms with van der Waals surface area (Å²) in [5.41, 5.74) is 2.32. The van der Waals surface area contributed by atoms with Crippen LogP contribution in [-0.2, 0) is 0 Å². The second-order valence-electron chi connectivity index (χ2n) is 8.34. The summed E-state index contributed by atoms with van der Waals surface area (Å²) in [6.45, 7) is 4.03. The number of hydrogen-bond donors (Lipinski definition) is 1. The number of aromatic nitrogens is 2. The summed E-state index contributed by atoms with van der Waals surface area (Å²) < 4.78 is 27.5. The molecule has 1 aromatic carbocycles. The lowest BCUT2D eigenvalue weighted by molar-refractivity contribution is 0.319. The molecule has 0 bridgehead atoms. The van der Waals surface area contributed by atoms with Crippen LogP contribution < -0.4 is 14.4 Å². The molecule has 1 saturated carbocycles. The van der Waals surface area contributed by atoms with Gasteiger partial charge in [-0.1, -0.05) is 24.9 Å². The summed E-state index contributed by atoms with van der Waals surface area (Å²) in [7, 11) is 1.52. The zero-order chi connectivity index (χ0) is 22.4. The number of rotatable bonds is 6. The number of pyridine rings is 2. The topological polar surface area (TPSA) is 67.7 Å². The number of anilines is 1. The standard InChI is InChI=1S/C24H25ClFN3O3/c1-3-4-7-29-8-9-32-24-20-17(29)12-18(31-2)27-23(20)21(26)22(28-24)15-10-14(30)11-16(25)19(15)13-5-6-13/h10-13,30H,3-9H2,1-2H3. The van der Waals surface area contributed by atoms with Crippen molar-refractivity contribution in [1.29, 1.82) is 0 Å². The number of benzene rings is 1. The fourth-order valence-electron chi connectivity index (χ4n) is 4.37. The lowest BCUT2D eigenvalue weighted by Crippen LogP contribution is -2.28. The fourth-order valence-corrected chi connectivity index (χ4v) is 4.74. The second-order valence-corrected chi connectivity index (χ2v) is 8.75.